The highest BCUT2D eigenvalue weighted by atomic mass is 16.5. The van der Waals surface area contributed by atoms with E-state index in [-0.39, 0.29) is 11.7 Å². The molecule has 0 spiro atoms. The van der Waals surface area contributed by atoms with Crippen molar-refractivity contribution < 1.29 is 14.6 Å². The van der Waals surface area contributed by atoms with Crippen LogP contribution in [-0.2, 0) is 0 Å². The first-order chi connectivity index (χ1) is 10.1. The van der Waals surface area contributed by atoms with E-state index < -0.39 is 0 Å². The highest BCUT2D eigenvalue weighted by Gasteiger charge is 2.08. The van der Waals surface area contributed by atoms with Gasteiger partial charge in [0.05, 0.1) is 12.8 Å². The van der Waals surface area contributed by atoms with Crippen molar-refractivity contribution >= 4 is 11.6 Å². The first-order valence-corrected chi connectivity index (χ1v) is 6.24. The van der Waals surface area contributed by atoms with E-state index in [1.165, 1.54) is 25.6 Å². The number of hydrogen-bond acceptors (Lipinski definition) is 5. The SMILES string of the molecule is COc1ccc(O)c(/C(C)=N/NC(=O)c2ccncc2)c1. The lowest BCUT2D eigenvalue weighted by Crippen LogP contribution is -2.19. The van der Waals surface area contributed by atoms with Gasteiger partial charge in [0.1, 0.15) is 11.5 Å². The van der Waals surface area contributed by atoms with Gasteiger partial charge in [-0.25, -0.2) is 5.43 Å². The number of amides is 1. The molecule has 0 fully saturated rings. The number of nitrogens with one attached hydrogen (secondary N) is 1. The molecule has 0 saturated heterocycles. The lowest BCUT2D eigenvalue weighted by atomic mass is 10.1. The summed E-state index contributed by atoms with van der Waals surface area (Å²) >= 11 is 0. The molecule has 0 bridgehead atoms. The molecule has 2 rings (SSSR count). The van der Waals surface area contributed by atoms with Crippen LogP contribution in [0, 0.1) is 0 Å². The first kappa shape index (κ1) is 14.5. The predicted octanol–water partition coefficient (Wildman–Crippen LogP) is 1.95. The molecular weight excluding hydrogens is 270 g/mol. The number of phenols is 1. The number of carbonyl (C=O) groups excluding carboxylic acids is 1. The molecule has 21 heavy (non-hydrogen) atoms. The maximum atomic E-state index is 11.9. The first-order valence-electron chi connectivity index (χ1n) is 6.24. The Morgan fingerprint density at radius 1 is 1.29 bits per heavy atom. The van der Waals surface area contributed by atoms with E-state index in [1.54, 1.807) is 31.2 Å². The predicted molar refractivity (Wildman–Crippen MR) is 78.6 cm³/mol. The zero-order valence-corrected chi connectivity index (χ0v) is 11.7. The molecule has 108 valence electrons. The molecule has 0 atom stereocenters. The summed E-state index contributed by atoms with van der Waals surface area (Å²) in [6, 6.07) is 7.97. The number of phenolic OH excluding ortho intramolecular Hbond substituents is 1. The Bertz CT molecular complexity index is 669. The van der Waals surface area contributed by atoms with Gasteiger partial charge < -0.3 is 9.84 Å². The molecule has 0 unspecified atom stereocenters. The number of aromatic nitrogens is 1. The number of benzene rings is 1. The Morgan fingerprint density at radius 2 is 2.00 bits per heavy atom. The van der Waals surface area contributed by atoms with Crippen LogP contribution in [0.5, 0.6) is 11.5 Å². The zero-order valence-electron chi connectivity index (χ0n) is 11.7. The fourth-order valence-corrected chi connectivity index (χ4v) is 1.69. The third-order valence-corrected chi connectivity index (χ3v) is 2.86. The molecule has 1 heterocycles. The molecule has 0 aliphatic heterocycles. The van der Waals surface area contributed by atoms with Gasteiger partial charge in [-0.05, 0) is 37.3 Å². The van der Waals surface area contributed by atoms with Gasteiger partial charge in [0, 0.05) is 23.5 Å². The lowest BCUT2D eigenvalue weighted by molar-refractivity contribution is 0.0954. The number of rotatable bonds is 4. The lowest BCUT2D eigenvalue weighted by Gasteiger charge is -2.07. The smallest absolute Gasteiger partial charge is 0.271 e. The molecule has 0 saturated carbocycles. The standard InChI is InChI=1S/C15H15N3O3/c1-10(13-9-12(21-2)3-4-14(13)19)17-18-15(20)11-5-7-16-8-6-11/h3-9,19H,1-2H3,(H,18,20)/b17-10+. The summed E-state index contributed by atoms with van der Waals surface area (Å²) in [5.74, 6) is 0.312. The molecule has 0 aliphatic carbocycles. The van der Waals surface area contributed by atoms with Crippen LogP contribution >= 0.6 is 0 Å². The fraction of sp³-hybridized carbons (Fsp3) is 0.133. The van der Waals surface area contributed by atoms with Crippen LogP contribution in [0.2, 0.25) is 0 Å². The van der Waals surface area contributed by atoms with Crippen molar-refractivity contribution in [2.75, 3.05) is 7.11 Å². The number of carbonyl (C=O) groups is 1. The summed E-state index contributed by atoms with van der Waals surface area (Å²) < 4.78 is 5.09. The van der Waals surface area contributed by atoms with Crippen molar-refractivity contribution in [1.29, 1.82) is 0 Å². The zero-order chi connectivity index (χ0) is 15.2. The van der Waals surface area contributed by atoms with Crippen LogP contribution < -0.4 is 10.2 Å². The monoisotopic (exact) mass is 285 g/mol. The van der Waals surface area contributed by atoms with Gasteiger partial charge in [0.25, 0.3) is 5.91 Å². The van der Waals surface area contributed by atoms with Crippen molar-refractivity contribution in [3.8, 4) is 11.5 Å². The molecular formula is C15H15N3O3. The van der Waals surface area contributed by atoms with Crippen LogP contribution in [0.1, 0.15) is 22.8 Å². The molecule has 1 aromatic carbocycles. The van der Waals surface area contributed by atoms with Crippen LogP contribution in [-0.4, -0.2) is 28.8 Å². The quantitative estimate of drug-likeness (QED) is 0.664. The summed E-state index contributed by atoms with van der Waals surface area (Å²) in [5, 5.41) is 13.8. The van der Waals surface area contributed by atoms with E-state index in [0.717, 1.165) is 0 Å². The van der Waals surface area contributed by atoms with Gasteiger partial charge in [0.15, 0.2) is 0 Å². The van der Waals surface area contributed by atoms with Gasteiger partial charge in [-0.15, -0.1) is 0 Å². The van der Waals surface area contributed by atoms with Gasteiger partial charge in [-0.1, -0.05) is 0 Å². The van der Waals surface area contributed by atoms with Gasteiger partial charge in [0.2, 0.25) is 0 Å². The summed E-state index contributed by atoms with van der Waals surface area (Å²) in [6.45, 7) is 1.68. The Balaban J connectivity index is 2.16. The van der Waals surface area contributed by atoms with Crippen LogP contribution in [0.25, 0.3) is 0 Å². The molecule has 6 nitrogen and oxygen atoms in total. The molecule has 0 aliphatic rings. The van der Waals surface area contributed by atoms with E-state index in [0.29, 0.717) is 22.6 Å². The number of hydrazone groups is 1. The molecule has 1 aromatic heterocycles. The second kappa shape index (κ2) is 6.51. The van der Waals surface area contributed by atoms with E-state index in [9.17, 15) is 9.90 Å². The third-order valence-electron chi connectivity index (χ3n) is 2.86. The minimum atomic E-state index is -0.348. The number of nitrogens with zero attached hydrogens (tertiary/aromatic N) is 2. The van der Waals surface area contributed by atoms with Gasteiger partial charge >= 0.3 is 0 Å². The Kier molecular flexibility index (Phi) is 4.50. The fourth-order valence-electron chi connectivity index (χ4n) is 1.69. The normalized spacial score (nSPS) is 11.0. The number of aromatic hydroxyl groups is 1. The van der Waals surface area contributed by atoms with E-state index in [2.05, 4.69) is 15.5 Å². The minimum absolute atomic E-state index is 0.0650. The van der Waals surface area contributed by atoms with Crippen LogP contribution in [0.3, 0.4) is 0 Å². The molecule has 0 radical (unpaired) electrons. The Labute approximate surface area is 122 Å². The minimum Gasteiger partial charge on any atom is -0.507 e. The molecule has 1 amide bonds. The van der Waals surface area contributed by atoms with Crippen molar-refractivity contribution in [3.05, 3.63) is 53.9 Å². The number of pyridine rings is 1. The molecule has 6 heteroatoms. The molecule has 2 N–H and O–H groups in total. The van der Waals surface area contributed by atoms with Gasteiger partial charge in [-0.2, -0.15) is 5.10 Å². The Hall–Kier alpha value is -2.89. The summed E-state index contributed by atoms with van der Waals surface area (Å²) in [6.07, 6.45) is 3.05. The van der Waals surface area contributed by atoms with Crippen LogP contribution in [0.4, 0.5) is 0 Å². The Morgan fingerprint density at radius 3 is 2.67 bits per heavy atom. The van der Waals surface area contributed by atoms with Crippen molar-refractivity contribution in [2.24, 2.45) is 5.10 Å². The second-order valence-electron chi connectivity index (χ2n) is 4.26. The van der Waals surface area contributed by atoms with Crippen molar-refractivity contribution in [2.45, 2.75) is 6.92 Å². The topological polar surface area (TPSA) is 83.8 Å². The van der Waals surface area contributed by atoms with E-state index >= 15 is 0 Å². The number of hydrogen-bond donors (Lipinski definition) is 2. The van der Waals surface area contributed by atoms with Gasteiger partial charge in [-0.3, -0.25) is 9.78 Å². The summed E-state index contributed by atoms with van der Waals surface area (Å²) in [4.78, 5) is 15.7. The summed E-state index contributed by atoms with van der Waals surface area (Å²) in [5.41, 5.74) is 3.84. The maximum Gasteiger partial charge on any atom is 0.271 e. The van der Waals surface area contributed by atoms with Crippen molar-refractivity contribution in [1.82, 2.24) is 10.4 Å². The van der Waals surface area contributed by atoms with Crippen LogP contribution in [0.15, 0.2) is 47.8 Å². The van der Waals surface area contributed by atoms with Crippen molar-refractivity contribution in [3.63, 3.8) is 0 Å². The maximum absolute atomic E-state index is 11.9. The van der Waals surface area contributed by atoms with E-state index in [1.807, 2.05) is 0 Å². The average Bonchev–Trinajstić information content (AvgIpc) is 2.53. The summed E-state index contributed by atoms with van der Waals surface area (Å²) in [7, 11) is 1.54. The second-order valence-corrected chi connectivity index (χ2v) is 4.26. The highest BCUT2D eigenvalue weighted by molar-refractivity contribution is 6.02. The number of methoxy groups -OCH3 is 1. The average molecular weight is 285 g/mol. The largest absolute Gasteiger partial charge is 0.507 e. The highest BCUT2D eigenvalue weighted by Crippen LogP contribution is 2.23. The molecule has 2 aromatic rings. The van der Waals surface area contributed by atoms with E-state index in [4.69, 9.17) is 4.74 Å². The third kappa shape index (κ3) is 3.56. The number of ether oxygens (including phenoxy) is 1.